The van der Waals surface area contributed by atoms with Crippen molar-refractivity contribution in [2.45, 2.75) is 6.54 Å². The number of nitrogens with zero attached hydrogens (tertiary/aromatic N) is 3. The highest BCUT2D eigenvalue weighted by Gasteiger charge is 2.23. The van der Waals surface area contributed by atoms with E-state index in [-0.39, 0.29) is 24.0 Å². The number of amides is 3. The summed E-state index contributed by atoms with van der Waals surface area (Å²) in [5.41, 5.74) is 1.28. The minimum Gasteiger partial charge on any atom is -0.336 e. The van der Waals surface area contributed by atoms with Crippen LogP contribution in [0.15, 0.2) is 42.5 Å². The van der Waals surface area contributed by atoms with E-state index in [1.807, 2.05) is 19.0 Å². The molecule has 2 aromatic carbocycles. The number of carbonyl (C=O) groups excluding carboxylic acids is 2. The zero-order valence-corrected chi connectivity index (χ0v) is 16.5. The zero-order valence-electron chi connectivity index (χ0n) is 16.5. The average Bonchev–Trinajstić information content (AvgIpc) is 3.12. The van der Waals surface area contributed by atoms with Crippen molar-refractivity contribution < 1.29 is 18.4 Å². The first-order chi connectivity index (χ1) is 13.8. The molecule has 0 aliphatic carbocycles. The molecule has 0 unspecified atom stereocenters. The number of anilines is 1. The van der Waals surface area contributed by atoms with Crippen LogP contribution in [0, 0.1) is 11.6 Å². The molecular weight excluding hydrogens is 378 g/mol. The molecule has 1 saturated heterocycles. The largest absolute Gasteiger partial charge is 0.336 e. The number of hydrogen-bond donors (Lipinski definition) is 1. The van der Waals surface area contributed by atoms with Crippen LogP contribution in [-0.4, -0.2) is 62.0 Å². The molecule has 0 aromatic heterocycles. The first kappa shape index (κ1) is 20.7. The minimum absolute atomic E-state index is 0.0210. The molecule has 1 aliphatic heterocycles. The van der Waals surface area contributed by atoms with Crippen molar-refractivity contribution in [2.24, 2.45) is 0 Å². The van der Waals surface area contributed by atoms with Crippen LogP contribution in [0.2, 0.25) is 0 Å². The molecule has 6 nitrogen and oxygen atoms in total. The molecule has 0 spiro atoms. The van der Waals surface area contributed by atoms with Gasteiger partial charge in [-0.15, -0.1) is 0 Å². The van der Waals surface area contributed by atoms with E-state index in [0.717, 1.165) is 6.07 Å². The van der Waals surface area contributed by atoms with Gasteiger partial charge in [-0.2, -0.15) is 0 Å². The second-order valence-corrected chi connectivity index (χ2v) is 7.20. The molecule has 8 heteroatoms. The van der Waals surface area contributed by atoms with Gasteiger partial charge in [0.25, 0.3) is 5.91 Å². The van der Waals surface area contributed by atoms with Crippen LogP contribution in [-0.2, 0) is 6.54 Å². The fraction of sp³-hybridized carbons (Fsp3) is 0.333. The van der Waals surface area contributed by atoms with Gasteiger partial charge in [-0.05, 0) is 38.4 Å². The predicted molar refractivity (Wildman–Crippen MR) is 107 cm³/mol. The Morgan fingerprint density at radius 2 is 1.93 bits per heavy atom. The van der Waals surface area contributed by atoms with Gasteiger partial charge in [-0.25, -0.2) is 13.6 Å². The van der Waals surface area contributed by atoms with Crippen molar-refractivity contribution in [2.75, 3.05) is 45.2 Å². The number of likely N-dealkylation sites (N-methyl/N-ethyl adjacent to an activating group) is 1. The molecule has 0 saturated carbocycles. The third-order valence-corrected chi connectivity index (χ3v) is 4.74. The van der Waals surface area contributed by atoms with E-state index in [2.05, 4.69) is 5.32 Å². The molecule has 29 heavy (non-hydrogen) atoms. The molecule has 0 bridgehead atoms. The van der Waals surface area contributed by atoms with Gasteiger partial charge >= 0.3 is 6.03 Å². The summed E-state index contributed by atoms with van der Waals surface area (Å²) in [7, 11) is 3.77. The first-order valence-corrected chi connectivity index (χ1v) is 9.38. The highest BCUT2D eigenvalue weighted by Crippen LogP contribution is 2.20. The Morgan fingerprint density at radius 1 is 1.14 bits per heavy atom. The summed E-state index contributed by atoms with van der Waals surface area (Å²) in [6.45, 7) is 2.06. The molecule has 154 valence electrons. The second kappa shape index (κ2) is 9.00. The van der Waals surface area contributed by atoms with E-state index in [4.69, 9.17) is 0 Å². The molecule has 1 aliphatic rings. The lowest BCUT2D eigenvalue weighted by molar-refractivity contribution is 0.0730. The summed E-state index contributed by atoms with van der Waals surface area (Å²) >= 11 is 0. The molecule has 0 radical (unpaired) electrons. The zero-order chi connectivity index (χ0) is 21.0. The summed E-state index contributed by atoms with van der Waals surface area (Å²) in [5, 5.41) is 2.73. The third kappa shape index (κ3) is 5.08. The van der Waals surface area contributed by atoms with Crippen LogP contribution >= 0.6 is 0 Å². The number of nitrogens with one attached hydrogen (secondary N) is 1. The summed E-state index contributed by atoms with van der Waals surface area (Å²) in [6.07, 6.45) is 0. The maximum atomic E-state index is 14.1. The maximum absolute atomic E-state index is 14.1. The quantitative estimate of drug-likeness (QED) is 0.775. The standard InChI is InChI=1S/C21H24F2N4O2/c1-25(2)10-11-26(14-16-6-7-17(22)13-19(16)23)20(28)15-4-3-5-18(12-15)27-9-8-24-21(27)29/h3-7,12-13H,8-11,14H2,1-2H3,(H,24,29). The molecule has 3 amide bonds. The SMILES string of the molecule is CN(C)CCN(Cc1ccc(F)cc1F)C(=O)c1cccc(N2CCNC2=O)c1. The number of urea groups is 1. The Kier molecular flexibility index (Phi) is 6.43. The maximum Gasteiger partial charge on any atom is 0.321 e. The van der Waals surface area contributed by atoms with E-state index in [9.17, 15) is 18.4 Å². The number of carbonyl (C=O) groups is 2. The molecule has 2 aromatic rings. The summed E-state index contributed by atoms with van der Waals surface area (Å²) < 4.78 is 27.4. The summed E-state index contributed by atoms with van der Waals surface area (Å²) in [5.74, 6) is -1.62. The second-order valence-electron chi connectivity index (χ2n) is 7.20. The number of halogens is 2. The van der Waals surface area contributed by atoms with Gasteiger partial charge in [0, 0.05) is 55.6 Å². The van der Waals surface area contributed by atoms with Gasteiger partial charge in [-0.1, -0.05) is 12.1 Å². The number of hydrogen-bond acceptors (Lipinski definition) is 3. The molecule has 3 rings (SSSR count). The smallest absolute Gasteiger partial charge is 0.321 e. The normalized spacial score (nSPS) is 13.7. The molecule has 1 fully saturated rings. The van der Waals surface area contributed by atoms with E-state index in [0.29, 0.717) is 37.4 Å². The molecule has 1 N–H and O–H groups in total. The van der Waals surface area contributed by atoms with Gasteiger partial charge in [0.2, 0.25) is 0 Å². The van der Waals surface area contributed by atoms with Crippen molar-refractivity contribution in [1.82, 2.24) is 15.1 Å². The van der Waals surface area contributed by atoms with E-state index in [1.54, 1.807) is 29.2 Å². The molecule has 0 atom stereocenters. The number of benzene rings is 2. The Balaban J connectivity index is 1.85. The minimum atomic E-state index is -0.685. The van der Waals surface area contributed by atoms with Crippen molar-refractivity contribution in [1.29, 1.82) is 0 Å². The van der Waals surface area contributed by atoms with Crippen LogP contribution in [0.25, 0.3) is 0 Å². The van der Waals surface area contributed by atoms with Gasteiger partial charge in [0.05, 0.1) is 0 Å². The first-order valence-electron chi connectivity index (χ1n) is 9.38. The van der Waals surface area contributed by atoms with Gasteiger partial charge in [0.15, 0.2) is 0 Å². The van der Waals surface area contributed by atoms with Crippen molar-refractivity contribution in [3.63, 3.8) is 0 Å². The van der Waals surface area contributed by atoms with Crippen LogP contribution in [0.4, 0.5) is 19.3 Å². The Labute approximate surface area is 168 Å². The van der Waals surface area contributed by atoms with E-state index in [1.165, 1.54) is 17.0 Å². The van der Waals surface area contributed by atoms with E-state index < -0.39 is 11.6 Å². The van der Waals surface area contributed by atoms with Crippen molar-refractivity contribution in [3.05, 3.63) is 65.2 Å². The fourth-order valence-corrected chi connectivity index (χ4v) is 3.14. The molecular formula is C21H24F2N4O2. The van der Waals surface area contributed by atoms with Crippen molar-refractivity contribution >= 4 is 17.6 Å². The van der Waals surface area contributed by atoms with Crippen LogP contribution in [0.1, 0.15) is 15.9 Å². The highest BCUT2D eigenvalue weighted by molar-refractivity contribution is 5.98. The number of rotatable bonds is 7. The monoisotopic (exact) mass is 402 g/mol. The predicted octanol–water partition coefficient (Wildman–Crippen LogP) is 2.70. The summed E-state index contributed by atoms with van der Waals surface area (Å²) in [6, 6.07) is 9.97. The third-order valence-electron chi connectivity index (χ3n) is 4.74. The van der Waals surface area contributed by atoms with Crippen molar-refractivity contribution in [3.8, 4) is 0 Å². The lowest BCUT2D eigenvalue weighted by Gasteiger charge is -2.25. The highest BCUT2D eigenvalue weighted by atomic mass is 19.1. The summed E-state index contributed by atoms with van der Waals surface area (Å²) in [4.78, 5) is 30.1. The average molecular weight is 402 g/mol. The van der Waals surface area contributed by atoms with Crippen LogP contribution < -0.4 is 10.2 Å². The van der Waals surface area contributed by atoms with Crippen LogP contribution in [0.5, 0.6) is 0 Å². The fourth-order valence-electron chi connectivity index (χ4n) is 3.14. The van der Waals surface area contributed by atoms with Gasteiger partial charge < -0.3 is 15.1 Å². The topological polar surface area (TPSA) is 55.9 Å². The lowest BCUT2D eigenvalue weighted by atomic mass is 10.1. The van der Waals surface area contributed by atoms with Gasteiger partial charge in [0.1, 0.15) is 11.6 Å². The van der Waals surface area contributed by atoms with Crippen LogP contribution in [0.3, 0.4) is 0 Å². The Bertz CT molecular complexity index is 904. The lowest BCUT2D eigenvalue weighted by Crippen LogP contribution is -2.36. The Morgan fingerprint density at radius 3 is 2.59 bits per heavy atom. The van der Waals surface area contributed by atoms with Gasteiger partial charge in [-0.3, -0.25) is 9.69 Å². The molecule has 1 heterocycles. The van der Waals surface area contributed by atoms with E-state index >= 15 is 0 Å². The Hall–Kier alpha value is -3.00.